The third kappa shape index (κ3) is 4.07. The van der Waals surface area contributed by atoms with Crippen LogP contribution in [0.5, 0.6) is 11.5 Å². The number of hydrogen-bond donors (Lipinski definition) is 2. The summed E-state index contributed by atoms with van der Waals surface area (Å²) in [5, 5.41) is 3.06. The first-order valence-electron chi connectivity index (χ1n) is 9.11. The van der Waals surface area contributed by atoms with E-state index in [1.807, 2.05) is 0 Å². The largest absolute Gasteiger partial charge is 0.493 e. The smallest absolute Gasteiger partial charge is 0.224 e. The van der Waals surface area contributed by atoms with Crippen molar-refractivity contribution in [3.8, 4) is 11.5 Å². The molecule has 1 fully saturated rings. The maximum Gasteiger partial charge on any atom is 0.224 e. The van der Waals surface area contributed by atoms with Crippen LogP contribution < -0.4 is 20.5 Å². The Morgan fingerprint density at radius 1 is 1.24 bits per heavy atom. The fourth-order valence-corrected chi connectivity index (χ4v) is 3.92. The zero-order chi connectivity index (χ0) is 17.8. The highest BCUT2D eigenvalue weighted by Gasteiger charge is 2.30. The lowest BCUT2D eigenvalue weighted by Crippen LogP contribution is -2.42. The Kier molecular flexibility index (Phi) is 5.81. The molecule has 2 unspecified atom stereocenters. The molecule has 0 bridgehead atoms. The van der Waals surface area contributed by atoms with Crippen LogP contribution in [0, 0.1) is 5.92 Å². The fourth-order valence-electron chi connectivity index (χ4n) is 3.92. The standard InChI is InChI=1S/C19H29N3O3/c1-24-17-10-13-6-8-22(12-14(13)11-18(17)25-2)9-7-21-19(23)15-4-3-5-16(15)20/h10-11,15-16H,3-9,12,20H2,1-2H3,(H,21,23). The van der Waals surface area contributed by atoms with E-state index in [1.54, 1.807) is 14.2 Å². The minimum atomic E-state index is -0.00110. The van der Waals surface area contributed by atoms with Crippen LogP contribution in [-0.2, 0) is 17.8 Å². The summed E-state index contributed by atoms with van der Waals surface area (Å²) in [6.45, 7) is 3.38. The molecule has 2 atom stereocenters. The van der Waals surface area contributed by atoms with Gasteiger partial charge in [-0.25, -0.2) is 0 Å². The number of carbonyl (C=O) groups excluding carboxylic acids is 1. The Morgan fingerprint density at radius 2 is 1.96 bits per heavy atom. The third-order valence-corrected chi connectivity index (χ3v) is 5.43. The van der Waals surface area contributed by atoms with E-state index in [1.165, 1.54) is 11.1 Å². The van der Waals surface area contributed by atoms with E-state index >= 15 is 0 Å². The number of nitrogens with two attached hydrogens (primary N) is 1. The Morgan fingerprint density at radius 3 is 2.60 bits per heavy atom. The van der Waals surface area contributed by atoms with Crippen molar-refractivity contribution >= 4 is 5.91 Å². The Bertz CT molecular complexity index is 620. The number of benzene rings is 1. The van der Waals surface area contributed by atoms with E-state index in [-0.39, 0.29) is 17.9 Å². The van der Waals surface area contributed by atoms with Gasteiger partial charge in [0.1, 0.15) is 0 Å². The second-order valence-corrected chi connectivity index (χ2v) is 6.99. The number of ether oxygens (including phenoxy) is 2. The maximum atomic E-state index is 12.2. The number of hydrogen-bond acceptors (Lipinski definition) is 5. The molecule has 1 aromatic rings. The van der Waals surface area contributed by atoms with Gasteiger partial charge in [-0.1, -0.05) is 6.42 Å². The molecule has 1 aliphatic heterocycles. The lowest BCUT2D eigenvalue weighted by Gasteiger charge is -2.29. The van der Waals surface area contributed by atoms with Gasteiger partial charge in [-0.2, -0.15) is 0 Å². The van der Waals surface area contributed by atoms with Crippen LogP contribution in [-0.4, -0.2) is 50.7 Å². The lowest BCUT2D eigenvalue weighted by molar-refractivity contribution is -0.125. The first kappa shape index (κ1) is 18.0. The van der Waals surface area contributed by atoms with E-state index in [2.05, 4.69) is 22.3 Å². The van der Waals surface area contributed by atoms with Gasteiger partial charge in [0.15, 0.2) is 11.5 Å². The summed E-state index contributed by atoms with van der Waals surface area (Å²) < 4.78 is 10.8. The molecule has 0 radical (unpaired) electrons. The number of nitrogens with one attached hydrogen (secondary N) is 1. The average molecular weight is 347 g/mol. The molecular formula is C19H29N3O3. The fraction of sp³-hybridized carbons (Fsp3) is 0.632. The van der Waals surface area contributed by atoms with Crippen LogP contribution in [0.4, 0.5) is 0 Å². The highest BCUT2D eigenvalue weighted by Crippen LogP contribution is 2.33. The van der Waals surface area contributed by atoms with Crippen molar-refractivity contribution in [3.63, 3.8) is 0 Å². The molecule has 1 aliphatic carbocycles. The van der Waals surface area contributed by atoms with Gasteiger partial charge in [0, 0.05) is 32.2 Å². The molecule has 1 amide bonds. The van der Waals surface area contributed by atoms with Crippen molar-refractivity contribution in [2.45, 2.75) is 38.3 Å². The van der Waals surface area contributed by atoms with E-state index in [9.17, 15) is 4.79 Å². The van der Waals surface area contributed by atoms with Crippen LogP contribution in [0.3, 0.4) is 0 Å². The highest BCUT2D eigenvalue weighted by atomic mass is 16.5. The number of nitrogens with zero attached hydrogens (tertiary/aromatic N) is 1. The predicted octanol–water partition coefficient (Wildman–Crippen LogP) is 1.31. The Hall–Kier alpha value is -1.79. The van der Waals surface area contributed by atoms with Crippen LogP contribution >= 0.6 is 0 Å². The van der Waals surface area contributed by atoms with E-state index in [4.69, 9.17) is 15.2 Å². The van der Waals surface area contributed by atoms with Crippen molar-refractivity contribution in [3.05, 3.63) is 23.3 Å². The highest BCUT2D eigenvalue weighted by molar-refractivity contribution is 5.79. The number of carbonyl (C=O) groups is 1. The molecule has 0 saturated heterocycles. The van der Waals surface area contributed by atoms with Gasteiger partial charge in [0.05, 0.1) is 20.1 Å². The number of rotatable bonds is 6. The first-order chi connectivity index (χ1) is 12.1. The minimum Gasteiger partial charge on any atom is -0.493 e. The summed E-state index contributed by atoms with van der Waals surface area (Å²) in [4.78, 5) is 14.6. The number of methoxy groups -OCH3 is 2. The Labute approximate surface area is 149 Å². The van der Waals surface area contributed by atoms with Crippen molar-refractivity contribution < 1.29 is 14.3 Å². The summed E-state index contributed by atoms with van der Waals surface area (Å²) in [5.74, 6) is 1.68. The third-order valence-electron chi connectivity index (χ3n) is 5.43. The molecule has 1 saturated carbocycles. The zero-order valence-electron chi connectivity index (χ0n) is 15.2. The molecule has 0 spiro atoms. The quantitative estimate of drug-likeness (QED) is 0.811. The molecule has 25 heavy (non-hydrogen) atoms. The van der Waals surface area contributed by atoms with Crippen molar-refractivity contribution in [2.75, 3.05) is 33.9 Å². The molecule has 2 aliphatic rings. The molecule has 1 heterocycles. The van der Waals surface area contributed by atoms with Gasteiger partial charge in [-0.3, -0.25) is 9.69 Å². The molecule has 6 nitrogen and oxygen atoms in total. The van der Waals surface area contributed by atoms with Crippen LogP contribution in [0.15, 0.2) is 12.1 Å². The second-order valence-electron chi connectivity index (χ2n) is 6.99. The van der Waals surface area contributed by atoms with Crippen LogP contribution in [0.25, 0.3) is 0 Å². The predicted molar refractivity (Wildman–Crippen MR) is 96.9 cm³/mol. The summed E-state index contributed by atoms with van der Waals surface area (Å²) in [6.07, 6.45) is 3.93. The van der Waals surface area contributed by atoms with Gasteiger partial charge in [-0.15, -0.1) is 0 Å². The van der Waals surface area contributed by atoms with Crippen molar-refractivity contribution in [1.29, 1.82) is 0 Å². The van der Waals surface area contributed by atoms with Crippen molar-refractivity contribution in [2.24, 2.45) is 11.7 Å². The second kappa shape index (κ2) is 8.06. The Balaban J connectivity index is 1.52. The monoisotopic (exact) mass is 347 g/mol. The zero-order valence-corrected chi connectivity index (χ0v) is 15.2. The van der Waals surface area contributed by atoms with E-state index < -0.39 is 0 Å². The minimum absolute atomic E-state index is 0.00110. The number of fused-ring (bicyclic) bond motifs is 1. The molecule has 1 aromatic carbocycles. The average Bonchev–Trinajstić information content (AvgIpc) is 3.06. The molecule has 3 N–H and O–H groups in total. The van der Waals surface area contributed by atoms with Crippen molar-refractivity contribution in [1.82, 2.24) is 10.2 Å². The van der Waals surface area contributed by atoms with E-state index in [0.29, 0.717) is 6.54 Å². The molecule has 6 heteroatoms. The summed E-state index contributed by atoms with van der Waals surface area (Å²) in [7, 11) is 3.33. The summed E-state index contributed by atoms with van der Waals surface area (Å²) in [5.41, 5.74) is 8.59. The molecule has 138 valence electrons. The van der Waals surface area contributed by atoms with Crippen LogP contribution in [0.1, 0.15) is 30.4 Å². The first-order valence-corrected chi connectivity index (χ1v) is 9.11. The SMILES string of the molecule is COc1cc2c(cc1OC)CN(CCNC(=O)C1CCCC1N)CC2. The molecule has 0 aromatic heterocycles. The topological polar surface area (TPSA) is 76.8 Å². The van der Waals surface area contributed by atoms with Gasteiger partial charge < -0.3 is 20.5 Å². The maximum absolute atomic E-state index is 12.2. The summed E-state index contributed by atoms with van der Waals surface area (Å²) in [6, 6.07) is 4.18. The molecule has 3 rings (SSSR count). The van der Waals surface area contributed by atoms with Gasteiger partial charge in [0.2, 0.25) is 5.91 Å². The van der Waals surface area contributed by atoms with Crippen LogP contribution in [0.2, 0.25) is 0 Å². The van der Waals surface area contributed by atoms with E-state index in [0.717, 1.165) is 56.8 Å². The van der Waals surface area contributed by atoms with Gasteiger partial charge in [0.25, 0.3) is 0 Å². The molecular weight excluding hydrogens is 318 g/mol. The number of amides is 1. The normalized spacial score (nSPS) is 23.2. The van der Waals surface area contributed by atoms with Gasteiger partial charge in [-0.05, 0) is 42.5 Å². The lowest BCUT2D eigenvalue weighted by atomic mass is 9.99. The summed E-state index contributed by atoms with van der Waals surface area (Å²) >= 11 is 0. The van der Waals surface area contributed by atoms with Gasteiger partial charge >= 0.3 is 0 Å².